The summed E-state index contributed by atoms with van der Waals surface area (Å²) in [5.74, 6) is 1.61. The highest BCUT2D eigenvalue weighted by Gasteiger charge is 2.27. The lowest BCUT2D eigenvalue weighted by Gasteiger charge is -2.34. The number of hydrogen-bond donors (Lipinski definition) is 1. The summed E-state index contributed by atoms with van der Waals surface area (Å²) in [6.07, 6.45) is 1.58. The zero-order valence-electron chi connectivity index (χ0n) is 17.5. The Morgan fingerprint density at radius 2 is 2.00 bits per heavy atom. The number of carbonyl (C=O) groups is 1. The van der Waals surface area contributed by atoms with Gasteiger partial charge in [-0.3, -0.25) is 9.79 Å². The zero-order chi connectivity index (χ0) is 19.8. The van der Waals surface area contributed by atoms with Crippen molar-refractivity contribution in [3.8, 4) is 5.75 Å². The topological polar surface area (TPSA) is 66.4 Å². The van der Waals surface area contributed by atoms with Crippen molar-refractivity contribution in [1.82, 2.24) is 15.1 Å². The number of ether oxygens (including phenoxy) is 2. The lowest BCUT2D eigenvalue weighted by atomic mass is 9.97. The molecule has 1 aliphatic heterocycles. The van der Waals surface area contributed by atoms with Crippen LogP contribution in [-0.2, 0) is 9.53 Å². The van der Waals surface area contributed by atoms with Crippen molar-refractivity contribution < 1.29 is 14.3 Å². The third-order valence-corrected chi connectivity index (χ3v) is 5.10. The van der Waals surface area contributed by atoms with Crippen molar-refractivity contribution in [3.63, 3.8) is 0 Å². The van der Waals surface area contributed by atoms with Gasteiger partial charge in [0.1, 0.15) is 5.75 Å². The molecule has 1 atom stereocenters. The van der Waals surface area contributed by atoms with E-state index in [0.29, 0.717) is 0 Å². The molecule has 1 aliphatic rings. The molecule has 28 heavy (non-hydrogen) atoms. The molecule has 8 heteroatoms. The number of halogens is 1. The van der Waals surface area contributed by atoms with Crippen molar-refractivity contribution in [2.24, 2.45) is 10.9 Å². The van der Waals surface area contributed by atoms with Crippen LogP contribution in [0.3, 0.4) is 0 Å². The largest absolute Gasteiger partial charge is 0.497 e. The first-order valence-corrected chi connectivity index (χ1v) is 9.34. The van der Waals surface area contributed by atoms with Crippen LogP contribution < -0.4 is 10.1 Å². The number of nitrogens with one attached hydrogen (secondary N) is 1. The number of esters is 1. The Bertz CT molecular complexity index is 646. The lowest BCUT2D eigenvalue weighted by molar-refractivity contribution is -0.146. The van der Waals surface area contributed by atoms with E-state index in [9.17, 15) is 4.79 Å². The van der Waals surface area contributed by atoms with Crippen molar-refractivity contribution in [1.29, 1.82) is 0 Å². The summed E-state index contributed by atoms with van der Waals surface area (Å²) in [6, 6.07) is 8.33. The van der Waals surface area contributed by atoms with Gasteiger partial charge in [-0.05, 0) is 44.6 Å². The number of piperidine rings is 1. The maximum atomic E-state index is 11.7. The Morgan fingerprint density at radius 3 is 2.54 bits per heavy atom. The Hall–Kier alpha value is -1.55. The van der Waals surface area contributed by atoms with Crippen LogP contribution in [0, 0.1) is 5.92 Å². The molecule has 2 rings (SSSR count). The van der Waals surface area contributed by atoms with Gasteiger partial charge in [-0.2, -0.15) is 0 Å². The Morgan fingerprint density at radius 1 is 1.32 bits per heavy atom. The molecule has 0 bridgehead atoms. The van der Waals surface area contributed by atoms with Gasteiger partial charge in [0.15, 0.2) is 5.96 Å². The minimum atomic E-state index is -0.108. The SMILES string of the molecule is CN=C(NCC(c1cccc(OC)c1)N(C)C)N1CCC(C(=O)OC)CC1.I. The van der Waals surface area contributed by atoms with Crippen LogP contribution in [0.25, 0.3) is 0 Å². The molecule has 158 valence electrons. The van der Waals surface area contributed by atoms with Gasteiger partial charge in [-0.15, -0.1) is 24.0 Å². The molecule has 1 fully saturated rings. The first kappa shape index (κ1) is 24.5. The number of nitrogens with zero attached hydrogens (tertiary/aromatic N) is 3. The summed E-state index contributed by atoms with van der Waals surface area (Å²) in [6.45, 7) is 2.32. The highest BCUT2D eigenvalue weighted by Crippen LogP contribution is 2.23. The minimum Gasteiger partial charge on any atom is -0.497 e. The summed E-state index contributed by atoms with van der Waals surface area (Å²) < 4.78 is 10.2. The van der Waals surface area contributed by atoms with E-state index < -0.39 is 0 Å². The van der Waals surface area contributed by atoms with Gasteiger partial charge >= 0.3 is 5.97 Å². The fraction of sp³-hybridized carbons (Fsp3) is 0.600. The summed E-state index contributed by atoms with van der Waals surface area (Å²) in [7, 11) is 9.06. The molecular formula is C20H33IN4O3. The van der Waals surface area contributed by atoms with E-state index >= 15 is 0 Å². The van der Waals surface area contributed by atoms with Crippen LogP contribution in [-0.4, -0.2) is 76.7 Å². The van der Waals surface area contributed by atoms with Crippen LogP contribution in [0.2, 0.25) is 0 Å². The Kier molecular flexibility index (Phi) is 10.6. The van der Waals surface area contributed by atoms with E-state index in [1.165, 1.54) is 12.7 Å². The number of carbonyl (C=O) groups excluding carboxylic acids is 1. The predicted octanol–water partition coefficient (Wildman–Crippen LogP) is 2.38. The van der Waals surface area contributed by atoms with E-state index in [2.05, 4.69) is 46.3 Å². The van der Waals surface area contributed by atoms with Gasteiger partial charge in [0, 0.05) is 26.7 Å². The fourth-order valence-corrected chi connectivity index (χ4v) is 3.46. The van der Waals surface area contributed by atoms with Crippen molar-refractivity contribution in [3.05, 3.63) is 29.8 Å². The second kappa shape index (κ2) is 12.1. The Labute approximate surface area is 185 Å². The number of likely N-dealkylation sites (tertiary alicyclic amines) is 1. The maximum Gasteiger partial charge on any atom is 0.308 e. The van der Waals surface area contributed by atoms with Gasteiger partial charge < -0.3 is 24.6 Å². The number of guanidine groups is 1. The van der Waals surface area contributed by atoms with Gasteiger partial charge in [0.2, 0.25) is 0 Å². The third-order valence-electron chi connectivity index (χ3n) is 5.10. The van der Waals surface area contributed by atoms with Crippen molar-refractivity contribution in [2.45, 2.75) is 18.9 Å². The molecule has 0 saturated carbocycles. The quantitative estimate of drug-likeness (QED) is 0.278. The van der Waals surface area contributed by atoms with E-state index in [1.807, 2.05) is 12.1 Å². The van der Waals surface area contributed by atoms with Crippen LogP contribution in [0.1, 0.15) is 24.4 Å². The van der Waals surface area contributed by atoms with Gasteiger partial charge in [-0.25, -0.2) is 0 Å². The molecule has 0 spiro atoms. The second-order valence-corrected chi connectivity index (χ2v) is 6.97. The Balaban J connectivity index is 0.00000392. The molecular weight excluding hydrogens is 471 g/mol. The van der Waals surface area contributed by atoms with Crippen LogP contribution in [0.5, 0.6) is 5.75 Å². The normalized spacial score (nSPS) is 16.4. The molecule has 1 saturated heterocycles. The molecule has 0 aromatic heterocycles. The third kappa shape index (κ3) is 6.51. The number of aliphatic imine (C=N–C) groups is 1. The van der Waals surface area contributed by atoms with Gasteiger partial charge in [-0.1, -0.05) is 12.1 Å². The second-order valence-electron chi connectivity index (χ2n) is 6.97. The van der Waals surface area contributed by atoms with E-state index in [1.54, 1.807) is 14.2 Å². The number of methoxy groups -OCH3 is 2. The van der Waals surface area contributed by atoms with E-state index in [0.717, 1.165) is 44.2 Å². The van der Waals surface area contributed by atoms with Crippen LogP contribution >= 0.6 is 24.0 Å². The average molecular weight is 504 g/mol. The molecule has 1 unspecified atom stereocenters. The van der Waals surface area contributed by atoms with Crippen molar-refractivity contribution in [2.75, 3.05) is 55.0 Å². The zero-order valence-corrected chi connectivity index (χ0v) is 19.8. The molecule has 1 aromatic rings. The summed E-state index contributed by atoms with van der Waals surface area (Å²) in [5.41, 5.74) is 1.19. The first-order chi connectivity index (χ1) is 13.0. The predicted molar refractivity (Wildman–Crippen MR) is 123 cm³/mol. The fourth-order valence-electron chi connectivity index (χ4n) is 3.46. The molecule has 7 nitrogen and oxygen atoms in total. The highest BCUT2D eigenvalue weighted by molar-refractivity contribution is 14.0. The van der Waals surface area contributed by atoms with E-state index in [4.69, 9.17) is 9.47 Å². The van der Waals surface area contributed by atoms with E-state index in [-0.39, 0.29) is 41.9 Å². The molecule has 0 aliphatic carbocycles. The van der Waals surface area contributed by atoms with Crippen LogP contribution in [0.4, 0.5) is 0 Å². The van der Waals surface area contributed by atoms with Gasteiger partial charge in [0.25, 0.3) is 0 Å². The number of likely N-dealkylation sites (N-methyl/N-ethyl adjacent to an activating group) is 1. The molecule has 0 amide bonds. The molecule has 1 heterocycles. The lowest BCUT2D eigenvalue weighted by Crippen LogP contribution is -2.48. The standard InChI is InChI=1S/C20H32N4O3.HI/c1-21-20(24-11-9-15(10-12-24)19(25)27-5)22-14-18(23(2)3)16-7-6-8-17(13-16)26-4;/h6-8,13,15,18H,9-12,14H2,1-5H3,(H,21,22);1H. The molecule has 1 aromatic carbocycles. The summed E-state index contributed by atoms with van der Waals surface area (Å²) in [5, 5.41) is 3.49. The van der Waals surface area contributed by atoms with Gasteiger partial charge in [0.05, 0.1) is 26.2 Å². The monoisotopic (exact) mass is 504 g/mol. The molecule has 1 N–H and O–H groups in total. The number of hydrogen-bond acceptors (Lipinski definition) is 5. The smallest absolute Gasteiger partial charge is 0.308 e. The number of rotatable bonds is 6. The first-order valence-electron chi connectivity index (χ1n) is 9.34. The molecule has 0 radical (unpaired) electrons. The average Bonchev–Trinajstić information content (AvgIpc) is 2.70. The van der Waals surface area contributed by atoms with Crippen LogP contribution in [0.15, 0.2) is 29.3 Å². The number of benzene rings is 1. The van der Waals surface area contributed by atoms with Crippen molar-refractivity contribution >= 4 is 35.9 Å². The maximum absolute atomic E-state index is 11.7. The highest BCUT2D eigenvalue weighted by atomic mass is 127. The minimum absolute atomic E-state index is 0. The summed E-state index contributed by atoms with van der Waals surface area (Å²) in [4.78, 5) is 20.5. The summed E-state index contributed by atoms with van der Waals surface area (Å²) >= 11 is 0.